The number of carbonyl (C=O) groups excluding carboxylic acids is 1. The molecule has 0 unspecified atom stereocenters. The van der Waals surface area contributed by atoms with Crippen molar-refractivity contribution in [1.82, 2.24) is 29.5 Å². The minimum absolute atomic E-state index is 0.0247. The van der Waals surface area contributed by atoms with Crippen molar-refractivity contribution in [2.45, 2.75) is 25.3 Å². The van der Waals surface area contributed by atoms with Crippen LogP contribution in [0.4, 0.5) is 0 Å². The number of likely N-dealkylation sites (tertiary alicyclic amines) is 1. The molecular weight excluding hydrogens is 280 g/mol. The van der Waals surface area contributed by atoms with Crippen LogP contribution in [-0.2, 0) is 0 Å². The summed E-state index contributed by atoms with van der Waals surface area (Å²) >= 11 is 0. The Balaban J connectivity index is 1.67. The Morgan fingerprint density at radius 2 is 2.23 bits per heavy atom. The van der Waals surface area contributed by atoms with E-state index in [1.54, 1.807) is 6.20 Å². The van der Waals surface area contributed by atoms with Crippen LogP contribution in [0.1, 0.15) is 41.5 Å². The molecule has 1 atom stereocenters. The van der Waals surface area contributed by atoms with Gasteiger partial charge in [0.15, 0.2) is 0 Å². The summed E-state index contributed by atoms with van der Waals surface area (Å²) in [6.45, 7) is 0.742. The Morgan fingerprint density at radius 3 is 3.09 bits per heavy atom. The second-order valence-corrected chi connectivity index (χ2v) is 5.49. The number of nitrogens with zero attached hydrogens (tertiary/aromatic N) is 5. The van der Waals surface area contributed by atoms with Crippen molar-refractivity contribution in [3.63, 3.8) is 0 Å². The summed E-state index contributed by atoms with van der Waals surface area (Å²) in [5, 5.41) is 6.81. The number of hydrogen-bond acceptors (Lipinski definition) is 4. The van der Waals surface area contributed by atoms with Crippen LogP contribution < -0.4 is 0 Å². The highest BCUT2D eigenvalue weighted by Crippen LogP contribution is 2.29. The van der Waals surface area contributed by atoms with Gasteiger partial charge in [0.1, 0.15) is 17.8 Å². The number of amides is 1. The molecule has 0 spiro atoms. The van der Waals surface area contributed by atoms with E-state index in [4.69, 9.17) is 0 Å². The van der Waals surface area contributed by atoms with Gasteiger partial charge in [-0.1, -0.05) is 0 Å². The largest absolute Gasteiger partial charge is 0.328 e. The van der Waals surface area contributed by atoms with Gasteiger partial charge < -0.3 is 9.30 Å². The molecule has 1 N–H and O–H groups in total. The van der Waals surface area contributed by atoms with Crippen molar-refractivity contribution >= 4 is 11.6 Å². The van der Waals surface area contributed by atoms with Gasteiger partial charge in [0.05, 0.1) is 11.6 Å². The highest BCUT2D eigenvalue weighted by molar-refractivity contribution is 5.94. The summed E-state index contributed by atoms with van der Waals surface area (Å²) in [6, 6.07) is 3.67. The first-order valence-corrected chi connectivity index (χ1v) is 7.42. The number of H-pyrrole nitrogens is 1. The van der Waals surface area contributed by atoms with Crippen LogP contribution in [0.15, 0.2) is 37.1 Å². The lowest BCUT2D eigenvalue weighted by atomic mass is 10.0. The number of aromatic amines is 1. The number of pyridine rings is 1. The van der Waals surface area contributed by atoms with Crippen molar-refractivity contribution in [3.8, 4) is 0 Å². The molecule has 112 valence electrons. The van der Waals surface area contributed by atoms with Gasteiger partial charge >= 0.3 is 0 Å². The minimum Gasteiger partial charge on any atom is -0.328 e. The van der Waals surface area contributed by atoms with Crippen LogP contribution in [0.5, 0.6) is 0 Å². The topological polar surface area (TPSA) is 79.2 Å². The van der Waals surface area contributed by atoms with Crippen LogP contribution in [0.2, 0.25) is 0 Å². The van der Waals surface area contributed by atoms with E-state index in [2.05, 4.69) is 20.2 Å². The predicted molar refractivity (Wildman–Crippen MR) is 79.2 cm³/mol. The van der Waals surface area contributed by atoms with Gasteiger partial charge in [0, 0.05) is 25.1 Å². The fraction of sp³-hybridized carbons (Fsp3) is 0.333. The van der Waals surface area contributed by atoms with E-state index < -0.39 is 0 Å². The molecule has 22 heavy (non-hydrogen) atoms. The van der Waals surface area contributed by atoms with Gasteiger partial charge in [-0.15, -0.1) is 0 Å². The van der Waals surface area contributed by atoms with Gasteiger partial charge in [0.2, 0.25) is 0 Å². The molecule has 7 heteroatoms. The monoisotopic (exact) mass is 296 g/mol. The molecule has 1 aliphatic rings. The first kappa shape index (κ1) is 13.0. The molecular formula is C15H16N6O. The summed E-state index contributed by atoms with van der Waals surface area (Å²) in [6.07, 6.45) is 9.91. The molecule has 1 aliphatic heterocycles. The number of rotatable bonds is 2. The lowest BCUT2D eigenvalue weighted by Crippen LogP contribution is -2.39. The van der Waals surface area contributed by atoms with Gasteiger partial charge in [0.25, 0.3) is 5.91 Å². The van der Waals surface area contributed by atoms with Gasteiger partial charge in [-0.3, -0.25) is 9.89 Å². The van der Waals surface area contributed by atoms with Gasteiger partial charge in [-0.05, 0) is 31.4 Å². The number of nitrogens with one attached hydrogen (secondary N) is 1. The summed E-state index contributed by atoms with van der Waals surface area (Å²) in [5.41, 5.74) is 1.50. The molecule has 1 fully saturated rings. The summed E-state index contributed by atoms with van der Waals surface area (Å²) in [7, 11) is 0. The summed E-state index contributed by atoms with van der Waals surface area (Å²) in [5.74, 6) is 0.786. The Bertz CT molecular complexity index is 793. The molecule has 4 heterocycles. The average molecular weight is 296 g/mol. The van der Waals surface area contributed by atoms with E-state index in [-0.39, 0.29) is 11.9 Å². The molecule has 0 aliphatic carbocycles. The molecule has 3 aromatic rings. The quantitative estimate of drug-likeness (QED) is 0.782. The predicted octanol–water partition coefficient (Wildman–Crippen LogP) is 1.82. The zero-order valence-corrected chi connectivity index (χ0v) is 12.0. The van der Waals surface area contributed by atoms with Crippen LogP contribution in [0.25, 0.3) is 5.65 Å². The number of carbonyl (C=O) groups is 1. The fourth-order valence-electron chi connectivity index (χ4n) is 3.05. The van der Waals surface area contributed by atoms with Crippen molar-refractivity contribution in [2.75, 3.05) is 6.54 Å². The van der Waals surface area contributed by atoms with E-state index >= 15 is 0 Å². The maximum Gasteiger partial charge on any atom is 0.255 e. The molecule has 3 aromatic heterocycles. The summed E-state index contributed by atoms with van der Waals surface area (Å²) in [4.78, 5) is 23.2. The van der Waals surface area contributed by atoms with Crippen LogP contribution in [0.3, 0.4) is 0 Å². The van der Waals surface area contributed by atoms with E-state index in [0.29, 0.717) is 5.56 Å². The lowest BCUT2D eigenvalue weighted by Gasteiger charge is -2.34. The molecule has 0 bridgehead atoms. The molecule has 7 nitrogen and oxygen atoms in total. The Hall–Kier alpha value is -2.70. The highest BCUT2D eigenvalue weighted by Gasteiger charge is 2.30. The van der Waals surface area contributed by atoms with E-state index in [1.165, 1.54) is 6.33 Å². The second kappa shape index (κ2) is 5.25. The van der Waals surface area contributed by atoms with Crippen molar-refractivity contribution in [2.24, 2.45) is 0 Å². The SMILES string of the molecule is O=C(c1ccc2nccn2c1)N1CCCC[C@@H]1c1ncn[nH]1. The van der Waals surface area contributed by atoms with Crippen molar-refractivity contribution < 1.29 is 4.79 Å². The Kier molecular flexibility index (Phi) is 3.10. The van der Waals surface area contributed by atoms with Gasteiger partial charge in [-0.2, -0.15) is 5.10 Å². The zero-order chi connectivity index (χ0) is 14.9. The first-order chi connectivity index (χ1) is 10.8. The molecule has 0 radical (unpaired) electrons. The molecule has 4 rings (SSSR count). The Morgan fingerprint density at radius 1 is 1.27 bits per heavy atom. The van der Waals surface area contributed by atoms with Crippen LogP contribution >= 0.6 is 0 Å². The second-order valence-electron chi connectivity index (χ2n) is 5.49. The number of imidazole rings is 1. The van der Waals surface area contributed by atoms with Crippen LogP contribution in [0, 0.1) is 0 Å². The molecule has 0 saturated carbocycles. The first-order valence-electron chi connectivity index (χ1n) is 7.42. The van der Waals surface area contributed by atoms with Crippen molar-refractivity contribution in [1.29, 1.82) is 0 Å². The molecule has 0 aromatic carbocycles. The maximum atomic E-state index is 12.9. The third-order valence-electron chi connectivity index (χ3n) is 4.15. The van der Waals surface area contributed by atoms with Crippen LogP contribution in [-0.4, -0.2) is 41.9 Å². The third-order valence-corrected chi connectivity index (χ3v) is 4.15. The number of piperidine rings is 1. The van der Waals surface area contributed by atoms with Gasteiger partial charge in [-0.25, -0.2) is 9.97 Å². The minimum atomic E-state index is -0.0257. The Labute approximate surface area is 127 Å². The number of fused-ring (bicyclic) bond motifs is 1. The standard InChI is InChI=1S/C15H16N6O/c22-15(11-4-5-13-16-6-8-20(13)9-11)21-7-2-1-3-12(21)14-17-10-18-19-14/h4-6,8-10,12H,1-3,7H2,(H,17,18,19)/t12-/m1/s1. The smallest absolute Gasteiger partial charge is 0.255 e. The third kappa shape index (κ3) is 2.14. The van der Waals surface area contributed by atoms with E-state index in [9.17, 15) is 4.79 Å². The molecule has 1 amide bonds. The van der Waals surface area contributed by atoms with E-state index in [1.807, 2.05) is 33.8 Å². The normalized spacial score (nSPS) is 18.7. The lowest BCUT2D eigenvalue weighted by molar-refractivity contribution is 0.0600. The summed E-state index contributed by atoms with van der Waals surface area (Å²) < 4.78 is 1.86. The fourth-order valence-corrected chi connectivity index (χ4v) is 3.05. The average Bonchev–Trinajstić information content (AvgIpc) is 3.24. The number of hydrogen-bond donors (Lipinski definition) is 1. The maximum absolute atomic E-state index is 12.9. The van der Waals surface area contributed by atoms with E-state index in [0.717, 1.165) is 37.3 Å². The number of aromatic nitrogens is 5. The van der Waals surface area contributed by atoms with Crippen molar-refractivity contribution in [3.05, 3.63) is 48.4 Å². The highest BCUT2D eigenvalue weighted by atomic mass is 16.2. The zero-order valence-electron chi connectivity index (χ0n) is 12.0. The molecule has 1 saturated heterocycles.